The maximum atomic E-state index is 14.5. The third-order valence-corrected chi connectivity index (χ3v) is 8.25. The molecule has 2 aliphatic heterocycles. The van der Waals surface area contributed by atoms with Crippen LogP contribution in [0, 0.1) is 11.7 Å². The molecule has 3 amide bonds. The second-order valence-corrected chi connectivity index (χ2v) is 10.7. The fourth-order valence-electron chi connectivity index (χ4n) is 6.54. The Morgan fingerprint density at radius 2 is 1.51 bits per heavy atom. The lowest BCUT2D eigenvalue weighted by molar-refractivity contribution is -0.133. The molecule has 2 atom stereocenters. The molecule has 0 bridgehead atoms. The van der Waals surface area contributed by atoms with Gasteiger partial charge in [-0.2, -0.15) is 0 Å². The van der Waals surface area contributed by atoms with Gasteiger partial charge < -0.3 is 4.90 Å². The van der Waals surface area contributed by atoms with E-state index in [1.807, 2.05) is 74.5 Å². The van der Waals surface area contributed by atoms with Gasteiger partial charge in [-0.05, 0) is 54.7 Å². The lowest BCUT2D eigenvalue weighted by Crippen LogP contribution is -2.52. The zero-order chi connectivity index (χ0) is 27.3. The summed E-state index contributed by atoms with van der Waals surface area (Å²) in [4.78, 5) is 45.4. The Morgan fingerprint density at radius 3 is 2.15 bits per heavy atom. The number of benzene rings is 3. The molecule has 0 N–H and O–H groups in total. The van der Waals surface area contributed by atoms with Crippen LogP contribution in [0.15, 0.2) is 102 Å². The van der Waals surface area contributed by atoms with Crippen molar-refractivity contribution >= 4 is 23.3 Å². The van der Waals surface area contributed by atoms with Gasteiger partial charge in [0, 0.05) is 36.6 Å². The zero-order valence-corrected chi connectivity index (χ0v) is 22.0. The Balaban J connectivity index is 1.50. The van der Waals surface area contributed by atoms with Crippen LogP contribution >= 0.6 is 0 Å². The van der Waals surface area contributed by atoms with Crippen molar-refractivity contribution < 1.29 is 18.8 Å². The van der Waals surface area contributed by atoms with Crippen molar-refractivity contribution in [3.8, 4) is 0 Å². The van der Waals surface area contributed by atoms with Crippen LogP contribution in [-0.4, -0.2) is 46.1 Å². The highest BCUT2D eigenvalue weighted by molar-refractivity contribution is 6.34. The molecule has 6 heteroatoms. The highest BCUT2D eigenvalue weighted by atomic mass is 19.1. The van der Waals surface area contributed by atoms with Crippen molar-refractivity contribution in [3.63, 3.8) is 0 Å². The second-order valence-electron chi connectivity index (χ2n) is 10.7. The van der Waals surface area contributed by atoms with Gasteiger partial charge in [0.25, 0.3) is 5.91 Å². The van der Waals surface area contributed by atoms with E-state index in [4.69, 9.17) is 0 Å². The standard InChI is InChI=1S/C33H29FN2O3/c1-21(2)27-29-26(28(30(27)37)24-11-7-4-8-12-24)20-36-32(39)35(18-17-22-9-5-3-6-10-22)31(38)33(29,36)19-23-13-15-25(34)16-14-23/h3-16,29H,17-20H2,1-2H3/t29-,33+/m1/s1. The van der Waals surface area contributed by atoms with Crippen LogP contribution in [0.2, 0.25) is 0 Å². The summed E-state index contributed by atoms with van der Waals surface area (Å²) in [7, 11) is 0. The highest BCUT2D eigenvalue weighted by Gasteiger charge is 2.69. The minimum atomic E-state index is -1.29. The first-order valence-corrected chi connectivity index (χ1v) is 13.3. The van der Waals surface area contributed by atoms with Crippen LogP contribution in [0.1, 0.15) is 30.5 Å². The first kappa shape index (κ1) is 25.0. The predicted molar refractivity (Wildman–Crippen MR) is 147 cm³/mol. The molecule has 0 aromatic heterocycles. The van der Waals surface area contributed by atoms with Gasteiger partial charge in [-0.3, -0.25) is 14.5 Å². The van der Waals surface area contributed by atoms with Crippen molar-refractivity contribution in [1.82, 2.24) is 9.80 Å². The molecule has 0 saturated carbocycles. The number of ketones is 1. The zero-order valence-electron chi connectivity index (χ0n) is 22.0. The Morgan fingerprint density at radius 1 is 0.872 bits per heavy atom. The SMILES string of the molecule is CC(C)=C1C(=O)C(c2ccccc2)=C2CN3C(=O)N(CCc4ccccc4)C(=O)[C@]3(Cc3ccc(F)cc3)[C@H]21. The van der Waals surface area contributed by atoms with Crippen molar-refractivity contribution in [2.24, 2.45) is 5.92 Å². The quantitative estimate of drug-likeness (QED) is 0.313. The number of carbonyl (C=O) groups is 3. The smallest absolute Gasteiger partial charge is 0.304 e. The number of hydrogen-bond donors (Lipinski definition) is 0. The number of imide groups is 1. The topological polar surface area (TPSA) is 57.7 Å². The minimum absolute atomic E-state index is 0.0812. The van der Waals surface area contributed by atoms with Crippen LogP contribution in [0.25, 0.3) is 5.57 Å². The number of amides is 3. The van der Waals surface area contributed by atoms with Gasteiger partial charge in [0.2, 0.25) is 0 Å². The normalized spacial score (nSPS) is 22.2. The van der Waals surface area contributed by atoms with Gasteiger partial charge in [0.15, 0.2) is 5.78 Å². The average molecular weight is 521 g/mol. The van der Waals surface area contributed by atoms with E-state index in [9.17, 15) is 18.8 Å². The molecule has 2 saturated heterocycles. The predicted octanol–water partition coefficient (Wildman–Crippen LogP) is 5.62. The monoisotopic (exact) mass is 520 g/mol. The van der Waals surface area contributed by atoms with Gasteiger partial charge in [0.05, 0.1) is 0 Å². The number of hydrogen-bond acceptors (Lipinski definition) is 3. The number of nitrogens with zero attached hydrogens (tertiary/aromatic N) is 2. The van der Waals surface area contributed by atoms with E-state index in [1.165, 1.54) is 17.0 Å². The van der Waals surface area contributed by atoms with Gasteiger partial charge in [-0.1, -0.05) is 78.4 Å². The second kappa shape index (κ2) is 9.45. The maximum absolute atomic E-state index is 14.5. The Kier molecular flexibility index (Phi) is 6.06. The van der Waals surface area contributed by atoms with Crippen LogP contribution in [0.3, 0.4) is 0 Å². The molecular weight excluding hydrogens is 491 g/mol. The summed E-state index contributed by atoms with van der Waals surface area (Å²) >= 11 is 0. The van der Waals surface area contributed by atoms with Crippen LogP contribution in [-0.2, 0) is 22.4 Å². The fourth-order valence-corrected chi connectivity index (χ4v) is 6.54. The summed E-state index contributed by atoms with van der Waals surface area (Å²) in [6.45, 7) is 4.23. The summed E-state index contributed by atoms with van der Waals surface area (Å²) in [5.41, 5.74) is 4.08. The van der Waals surface area contributed by atoms with Crippen LogP contribution < -0.4 is 0 Å². The summed E-state index contributed by atoms with van der Waals surface area (Å²) < 4.78 is 13.8. The third-order valence-electron chi connectivity index (χ3n) is 8.25. The van der Waals surface area contributed by atoms with Crippen LogP contribution in [0.5, 0.6) is 0 Å². The molecule has 39 heavy (non-hydrogen) atoms. The summed E-state index contributed by atoms with van der Waals surface area (Å²) in [5.74, 6) is -1.31. The molecule has 3 aromatic carbocycles. The van der Waals surface area contributed by atoms with Gasteiger partial charge in [-0.15, -0.1) is 0 Å². The molecule has 5 nitrogen and oxygen atoms in total. The van der Waals surface area contributed by atoms with Crippen molar-refractivity contribution in [2.45, 2.75) is 32.2 Å². The number of Topliss-reactive ketones (excluding diaryl/α,β-unsaturated/α-hetero) is 1. The van der Waals surface area contributed by atoms with E-state index >= 15 is 0 Å². The summed E-state index contributed by atoms with van der Waals surface area (Å²) in [5, 5.41) is 0. The number of carbonyl (C=O) groups excluding carboxylic acids is 3. The Bertz CT molecular complexity index is 1540. The van der Waals surface area contributed by atoms with E-state index in [0.29, 0.717) is 17.6 Å². The van der Waals surface area contributed by atoms with E-state index in [-0.39, 0.29) is 43.0 Å². The lowest BCUT2D eigenvalue weighted by atomic mass is 9.74. The van der Waals surface area contributed by atoms with E-state index in [2.05, 4.69) is 0 Å². The lowest BCUT2D eigenvalue weighted by Gasteiger charge is -2.34. The van der Waals surface area contributed by atoms with E-state index in [1.54, 1.807) is 17.0 Å². The van der Waals surface area contributed by atoms with E-state index in [0.717, 1.165) is 27.8 Å². The molecule has 0 unspecified atom stereocenters. The van der Waals surface area contributed by atoms with Crippen molar-refractivity contribution in [3.05, 3.63) is 124 Å². The highest BCUT2D eigenvalue weighted by Crippen LogP contribution is 2.56. The third kappa shape index (κ3) is 3.85. The molecule has 3 aliphatic rings. The number of allylic oxidation sites excluding steroid dienone is 2. The van der Waals surface area contributed by atoms with Gasteiger partial charge in [0.1, 0.15) is 11.4 Å². The average Bonchev–Trinajstić information content (AvgIpc) is 3.48. The molecule has 0 radical (unpaired) electrons. The van der Waals surface area contributed by atoms with E-state index < -0.39 is 11.5 Å². The molecule has 1 aliphatic carbocycles. The molecule has 3 aromatic rings. The first-order chi connectivity index (χ1) is 18.8. The Hall–Kier alpha value is -4.32. The number of rotatable bonds is 6. The molecule has 2 heterocycles. The largest absolute Gasteiger partial charge is 0.328 e. The van der Waals surface area contributed by atoms with Crippen LogP contribution in [0.4, 0.5) is 9.18 Å². The summed E-state index contributed by atoms with van der Waals surface area (Å²) in [6.07, 6.45) is 0.732. The molecule has 2 fully saturated rings. The van der Waals surface area contributed by atoms with Gasteiger partial charge in [-0.25, -0.2) is 9.18 Å². The maximum Gasteiger partial charge on any atom is 0.328 e. The Labute approximate surface area is 227 Å². The summed E-state index contributed by atoms with van der Waals surface area (Å²) in [6, 6.07) is 24.9. The first-order valence-electron chi connectivity index (χ1n) is 13.3. The number of urea groups is 1. The van der Waals surface area contributed by atoms with Crippen molar-refractivity contribution in [1.29, 1.82) is 0 Å². The molecular formula is C33H29FN2O3. The fraction of sp³-hybridized carbons (Fsp3) is 0.242. The number of fused-ring (bicyclic) bond motifs is 3. The molecule has 6 rings (SSSR count). The molecule has 196 valence electrons. The van der Waals surface area contributed by atoms with Gasteiger partial charge >= 0.3 is 6.03 Å². The minimum Gasteiger partial charge on any atom is -0.304 e. The van der Waals surface area contributed by atoms with Crippen molar-refractivity contribution in [2.75, 3.05) is 13.1 Å². The molecule has 0 spiro atoms. The number of halogens is 1.